The highest BCUT2D eigenvalue weighted by molar-refractivity contribution is 5.80. The molecule has 0 aliphatic carbocycles. The van der Waals surface area contributed by atoms with Crippen LogP contribution in [0.15, 0.2) is 24.3 Å². The topological polar surface area (TPSA) is 129 Å². The lowest BCUT2D eigenvalue weighted by Gasteiger charge is -2.36. The zero-order chi connectivity index (χ0) is 26.4. The second-order valence-electron chi connectivity index (χ2n) is 10.8. The van der Waals surface area contributed by atoms with Gasteiger partial charge in [0.1, 0.15) is 23.0 Å². The Hall–Kier alpha value is -3.01. The number of carbonyl (C=O) groups excluding carboxylic acids is 1. The molecule has 1 aromatic rings. The van der Waals surface area contributed by atoms with Crippen LogP contribution in [0.2, 0.25) is 0 Å². The number of carboxylic acid groups (broad SMARTS) is 2. The smallest absolute Gasteiger partial charge is 0.410 e. The Morgan fingerprint density at radius 2 is 1.51 bits per heavy atom. The third kappa shape index (κ3) is 9.64. The van der Waals surface area contributed by atoms with Crippen molar-refractivity contribution in [2.75, 3.05) is 32.7 Å². The number of ether oxygens (including phenoxy) is 2. The summed E-state index contributed by atoms with van der Waals surface area (Å²) in [6.45, 7) is 14.1. The van der Waals surface area contributed by atoms with Crippen molar-refractivity contribution in [3.05, 3.63) is 29.8 Å². The van der Waals surface area contributed by atoms with E-state index in [1.54, 1.807) is 29.2 Å². The van der Waals surface area contributed by atoms with E-state index in [1.165, 1.54) is 0 Å². The van der Waals surface area contributed by atoms with E-state index < -0.39 is 29.6 Å². The monoisotopic (exact) mass is 493 g/mol. The average Bonchev–Trinajstić information content (AvgIpc) is 2.71. The summed E-state index contributed by atoms with van der Waals surface area (Å²) in [4.78, 5) is 39.4. The highest BCUT2D eigenvalue weighted by Crippen LogP contribution is 2.28. The van der Waals surface area contributed by atoms with Crippen LogP contribution in [0.3, 0.4) is 0 Å². The SMILES string of the molecule is CC(C)(C)OC(=O)N1CCN(CCC(c2ccc(OC(C)(C)C)cc2)[C@H](NC(=O)O)C(=O)O)CC1. The molecule has 3 N–H and O–H groups in total. The number of piperazine rings is 1. The fourth-order valence-electron chi connectivity index (χ4n) is 3.93. The molecule has 0 aromatic heterocycles. The molecular weight excluding hydrogens is 454 g/mol. The van der Waals surface area contributed by atoms with Crippen LogP contribution in [-0.4, -0.2) is 88.1 Å². The largest absolute Gasteiger partial charge is 0.488 e. The number of carbonyl (C=O) groups is 3. The molecule has 2 rings (SSSR count). The second-order valence-corrected chi connectivity index (χ2v) is 10.8. The zero-order valence-electron chi connectivity index (χ0n) is 21.5. The number of hydrogen-bond acceptors (Lipinski definition) is 6. The normalized spacial score (nSPS) is 16.8. The molecule has 2 atom stereocenters. The minimum absolute atomic E-state index is 0.343. The van der Waals surface area contributed by atoms with E-state index in [4.69, 9.17) is 9.47 Å². The van der Waals surface area contributed by atoms with Crippen molar-refractivity contribution < 1.29 is 34.1 Å². The number of carboxylic acids is 1. The molecule has 1 fully saturated rings. The number of nitrogens with zero attached hydrogens (tertiary/aromatic N) is 2. The van der Waals surface area contributed by atoms with Gasteiger partial charge in [0, 0.05) is 32.1 Å². The van der Waals surface area contributed by atoms with Crippen LogP contribution >= 0.6 is 0 Å². The van der Waals surface area contributed by atoms with Crippen molar-refractivity contribution in [2.45, 2.75) is 71.1 Å². The van der Waals surface area contributed by atoms with Crippen LogP contribution in [0.4, 0.5) is 9.59 Å². The average molecular weight is 494 g/mol. The Bertz CT molecular complexity index is 867. The van der Waals surface area contributed by atoms with E-state index in [-0.39, 0.29) is 11.7 Å². The standard InChI is InChI=1S/C25H39N3O7/c1-24(2,3)34-18-9-7-17(8-10-18)19(20(21(29)30)26-22(31)32)11-12-27-13-15-28(16-14-27)23(33)35-25(4,5)6/h7-10,19-20,26H,11-16H2,1-6H3,(H,29,30)(H,31,32)/t19?,20-/m0/s1. The van der Waals surface area contributed by atoms with Gasteiger partial charge in [0.05, 0.1) is 0 Å². The van der Waals surface area contributed by atoms with Gasteiger partial charge in [0.25, 0.3) is 0 Å². The van der Waals surface area contributed by atoms with Gasteiger partial charge in [0.2, 0.25) is 0 Å². The molecule has 10 heteroatoms. The van der Waals surface area contributed by atoms with E-state index in [0.29, 0.717) is 50.5 Å². The molecule has 1 aliphatic heterocycles. The van der Waals surface area contributed by atoms with Gasteiger partial charge in [-0.15, -0.1) is 0 Å². The minimum atomic E-state index is -1.39. The van der Waals surface area contributed by atoms with E-state index in [0.717, 1.165) is 0 Å². The molecule has 0 radical (unpaired) electrons. The fourth-order valence-corrected chi connectivity index (χ4v) is 3.93. The number of nitrogens with one attached hydrogen (secondary N) is 1. The van der Waals surface area contributed by atoms with Crippen molar-refractivity contribution in [2.24, 2.45) is 0 Å². The maximum Gasteiger partial charge on any atom is 0.410 e. The van der Waals surface area contributed by atoms with Gasteiger partial charge in [-0.25, -0.2) is 14.4 Å². The van der Waals surface area contributed by atoms with Gasteiger partial charge in [0.15, 0.2) is 0 Å². The third-order valence-corrected chi connectivity index (χ3v) is 5.46. The van der Waals surface area contributed by atoms with Gasteiger partial charge in [-0.2, -0.15) is 0 Å². The Labute approximate surface area is 207 Å². The predicted octanol–water partition coefficient (Wildman–Crippen LogP) is 3.61. The molecule has 1 heterocycles. The number of benzene rings is 1. The first kappa shape index (κ1) is 28.2. The Balaban J connectivity index is 2.09. The summed E-state index contributed by atoms with van der Waals surface area (Å²) in [5, 5.41) is 21.1. The molecule has 1 aliphatic rings. The highest BCUT2D eigenvalue weighted by Gasteiger charge is 2.32. The van der Waals surface area contributed by atoms with Crippen LogP contribution in [0.25, 0.3) is 0 Å². The maximum atomic E-state index is 12.3. The summed E-state index contributed by atoms with van der Waals surface area (Å²) >= 11 is 0. The lowest BCUT2D eigenvalue weighted by atomic mass is 9.88. The third-order valence-electron chi connectivity index (χ3n) is 5.46. The summed E-state index contributed by atoms with van der Waals surface area (Å²) < 4.78 is 11.3. The Morgan fingerprint density at radius 1 is 0.943 bits per heavy atom. The summed E-state index contributed by atoms with van der Waals surface area (Å²) in [6, 6.07) is 5.81. The molecule has 0 saturated carbocycles. The first-order chi connectivity index (χ1) is 16.1. The highest BCUT2D eigenvalue weighted by atomic mass is 16.6. The van der Waals surface area contributed by atoms with Gasteiger partial charge < -0.3 is 29.9 Å². The van der Waals surface area contributed by atoms with Crippen molar-refractivity contribution in [1.82, 2.24) is 15.1 Å². The lowest BCUT2D eigenvalue weighted by molar-refractivity contribution is -0.140. The van der Waals surface area contributed by atoms with Crippen LogP contribution in [0, 0.1) is 0 Å². The molecule has 10 nitrogen and oxygen atoms in total. The van der Waals surface area contributed by atoms with Crippen LogP contribution in [-0.2, 0) is 9.53 Å². The number of amides is 2. The van der Waals surface area contributed by atoms with Crippen molar-refractivity contribution in [1.29, 1.82) is 0 Å². The Kier molecular flexibility index (Phi) is 9.37. The van der Waals surface area contributed by atoms with Crippen molar-refractivity contribution in [3.8, 4) is 5.75 Å². The summed E-state index contributed by atoms with van der Waals surface area (Å²) in [6.07, 6.45) is -1.31. The quantitative estimate of drug-likeness (QED) is 0.501. The molecular formula is C25H39N3O7. The zero-order valence-corrected chi connectivity index (χ0v) is 21.5. The van der Waals surface area contributed by atoms with Gasteiger partial charge in [-0.05, 0) is 72.2 Å². The van der Waals surface area contributed by atoms with E-state index >= 15 is 0 Å². The molecule has 35 heavy (non-hydrogen) atoms. The molecule has 196 valence electrons. The van der Waals surface area contributed by atoms with E-state index in [1.807, 2.05) is 41.5 Å². The van der Waals surface area contributed by atoms with Gasteiger partial charge in [-0.1, -0.05) is 12.1 Å². The van der Waals surface area contributed by atoms with Crippen LogP contribution in [0.5, 0.6) is 5.75 Å². The molecule has 1 saturated heterocycles. The summed E-state index contributed by atoms with van der Waals surface area (Å²) in [5.41, 5.74) is -0.228. The van der Waals surface area contributed by atoms with E-state index in [9.17, 15) is 24.6 Å². The molecule has 0 spiro atoms. The molecule has 0 bridgehead atoms. The lowest BCUT2D eigenvalue weighted by Crippen LogP contribution is -2.51. The molecule has 1 unspecified atom stereocenters. The molecule has 2 amide bonds. The number of rotatable bonds is 8. The first-order valence-corrected chi connectivity index (χ1v) is 11.9. The minimum Gasteiger partial charge on any atom is -0.488 e. The summed E-state index contributed by atoms with van der Waals surface area (Å²) in [7, 11) is 0. The predicted molar refractivity (Wildman–Crippen MR) is 131 cm³/mol. The van der Waals surface area contributed by atoms with Crippen molar-refractivity contribution >= 4 is 18.2 Å². The second kappa shape index (κ2) is 11.6. The van der Waals surface area contributed by atoms with Crippen LogP contribution in [0.1, 0.15) is 59.4 Å². The van der Waals surface area contributed by atoms with Crippen molar-refractivity contribution in [3.63, 3.8) is 0 Å². The first-order valence-electron chi connectivity index (χ1n) is 11.9. The number of aliphatic carboxylic acids is 1. The van der Waals surface area contributed by atoms with E-state index in [2.05, 4.69) is 10.2 Å². The fraction of sp³-hybridized carbons (Fsp3) is 0.640. The molecule has 1 aromatic carbocycles. The Morgan fingerprint density at radius 3 is 1.97 bits per heavy atom. The number of hydrogen-bond donors (Lipinski definition) is 3. The maximum absolute atomic E-state index is 12.3. The summed E-state index contributed by atoms with van der Waals surface area (Å²) in [5.74, 6) is -1.17. The van der Waals surface area contributed by atoms with Gasteiger partial charge in [-0.3, -0.25) is 4.90 Å². The van der Waals surface area contributed by atoms with Crippen LogP contribution < -0.4 is 10.1 Å². The van der Waals surface area contributed by atoms with Gasteiger partial charge >= 0.3 is 18.2 Å².